The highest BCUT2D eigenvalue weighted by atomic mass is 35.5. The monoisotopic (exact) mass is 471 g/mol. The number of hydrogen-bond donors (Lipinski definition) is 2. The van der Waals surface area contributed by atoms with E-state index in [9.17, 15) is 9.59 Å². The number of methoxy groups -OCH3 is 2. The minimum atomic E-state index is -0.738. The molecule has 3 N–H and O–H groups in total. The van der Waals surface area contributed by atoms with Crippen LogP contribution in [-0.4, -0.2) is 37.1 Å². The summed E-state index contributed by atoms with van der Waals surface area (Å²) < 4.78 is 10.7. The number of ether oxygens (including phenoxy) is 2. The van der Waals surface area contributed by atoms with E-state index in [-0.39, 0.29) is 23.9 Å². The number of aryl methyl sites for hydroxylation is 1. The van der Waals surface area contributed by atoms with Crippen molar-refractivity contribution in [3.8, 4) is 11.5 Å². The normalized spacial score (nSPS) is 24.6. The number of amides is 3. The van der Waals surface area contributed by atoms with E-state index in [1.54, 1.807) is 14.2 Å². The molecular weight excluding hydrogens is 442 g/mol. The van der Waals surface area contributed by atoms with Crippen LogP contribution in [0.5, 0.6) is 11.5 Å². The number of carbonyl (C=O) groups excluding carboxylic acids is 2. The first-order valence-corrected chi connectivity index (χ1v) is 11.4. The van der Waals surface area contributed by atoms with E-state index < -0.39 is 5.41 Å². The zero-order chi connectivity index (χ0) is 23.9. The predicted octanol–water partition coefficient (Wildman–Crippen LogP) is 4.84. The molecule has 176 valence electrons. The molecule has 0 saturated heterocycles. The Morgan fingerprint density at radius 2 is 1.91 bits per heavy atom. The Morgan fingerprint density at radius 1 is 1.21 bits per heavy atom. The molecule has 3 amide bonds. The van der Waals surface area contributed by atoms with Crippen molar-refractivity contribution in [2.45, 2.75) is 51.6 Å². The number of nitrogens with zero attached hydrogens (tertiary/aromatic N) is 1. The Morgan fingerprint density at radius 3 is 2.55 bits per heavy atom. The number of nitrogens with two attached hydrogens (primary N) is 1. The highest BCUT2D eigenvalue weighted by molar-refractivity contribution is 6.32. The molecule has 0 aromatic heterocycles. The van der Waals surface area contributed by atoms with E-state index in [4.69, 9.17) is 26.8 Å². The van der Waals surface area contributed by atoms with E-state index in [0.29, 0.717) is 42.3 Å². The van der Waals surface area contributed by atoms with Gasteiger partial charge in [-0.15, -0.1) is 0 Å². The minimum absolute atomic E-state index is 0.0537. The number of halogens is 1. The fourth-order valence-electron chi connectivity index (χ4n) is 5.23. The fraction of sp³-hybridized carbons (Fsp3) is 0.440. The maximum Gasteiger partial charge on any atom is 0.322 e. The first kappa shape index (κ1) is 23.2. The molecule has 4 rings (SSSR count). The van der Waals surface area contributed by atoms with Gasteiger partial charge in [-0.1, -0.05) is 30.7 Å². The number of fused-ring (bicyclic) bond motifs is 1. The van der Waals surface area contributed by atoms with Crippen molar-refractivity contribution in [3.63, 3.8) is 0 Å². The van der Waals surface area contributed by atoms with Crippen LogP contribution in [0.1, 0.15) is 48.8 Å². The summed E-state index contributed by atoms with van der Waals surface area (Å²) in [5.41, 5.74) is 8.93. The molecule has 8 heteroatoms. The Kier molecular flexibility index (Phi) is 6.18. The Balaban J connectivity index is 1.67. The van der Waals surface area contributed by atoms with Gasteiger partial charge in [0, 0.05) is 17.5 Å². The summed E-state index contributed by atoms with van der Waals surface area (Å²) in [5.74, 6) is 0.703. The second-order valence-electron chi connectivity index (χ2n) is 9.15. The number of rotatable bonds is 5. The minimum Gasteiger partial charge on any atom is -0.495 e. The number of benzene rings is 2. The summed E-state index contributed by atoms with van der Waals surface area (Å²) in [5, 5.41) is 3.51. The lowest BCUT2D eigenvalue weighted by Gasteiger charge is -2.47. The van der Waals surface area contributed by atoms with Crippen LogP contribution >= 0.6 is 11.6 Å². The molecule has 0 bridgehead atoms. The smallest absolute Gasteiger partial charge is 0.322 e. The molecule has 3 unspecified atom stereocenters. The van der Waals surface area contributed by atoms with Crippen LogP contribution in [0.3, 0.4) is 0 Å². The van der Waals surface area contributed by atoms with Crippen molar-refractivity contribution in [2.75, 3.05) is 19.5 Å². The van der Waals surface area contributed by atoms with E-state index in [2.05, 4.69) is 5.32 Å². The first-order chi connectivity index (χ1) is 15.7. The second-order valence-corrected chi connectivity index (χ2v) is 9.56. The van der Waals surface area contributed by atoms with E-state index in [1.807, 2.05) is 49.1 Å². The number of nitrogens with one attached hydrogen (secondary N) is 1. The molecule has 7 nitrogen and oxygen atoms in total. The number of anilines is 1. The Bertz CT molecular complexity index is 1110. The van der Waals surface area contributed by atoms with Crippen molar-refractivity contribution in [1.82, 2.24) is 4.90 Å². The van der Waals surface area contributed by atoms with Gasteiger partial charge in [0.2, 0.25) is 5.91 Å². The van der Waals surface area contributed by atoms with Gasteiger partial charge in [-0.25, -0.2) is 4.79 Å². The molecular formula is C25H30ClN3O4. The highest BCUT2D eigenvalue weighted by Gasteiger charge is 2.47. The standard InChI is InChI=1S/C25H30ClN3O4/c1-14-5-7-21(33-4)22-17(14)13-29(24(31)28-22)16-9-10-25(2,23(27)30)18(12-16)15-6-8-20(32-3)19(26)11-15/h5-8,11,16,18H,9-10,12-13H2,1-4H3,(H2,27,30)(H,28,31). The van der Waals surface area contributed by atoms with Crippen molar-refractivity contribution in [2.24, 2.45) is 11.1 Å². The van der Waals surface area contributed by atoms with Crippen LogP contribution in [0.15, 0.2) is 30.3 Å². The van der Waals surface area contributed by atoms with Gasteiger partial charge in [0.05, 0.1) is 36.9 Å². The average Bonchev–Trinajstić information content (AvgIpc) is 2.79. The van der Waals surface area contributed by atoms with Gasteiger partial charge in [-0.3, -0.25) is 4.79 Å². The van der Waals surface area contributed by atoms with Gasteiger partial charge in [0.1, 0.15) is 11.5 Å². The second kappa shape index (κ2) is 8.78. The van der Waals surface area contributed by atoms with Crippen molar-refractivity contribution >= 4 is 29.2 Å². The van der Waals surface area contributed by atoms with E-state index in [1.165, 1.54) is 0 Å². The number of primary amides is 1. The lowest BCUT2D eigenvalue weighted by Crippen LogP contribution is -2.52. The van der Waals surface area contributed by atoms with E-state index >= 15 is 0 Å². The maximum atomic E-state index is 13.1. The van der Waals surface area contributed by atoms with Gasteiger partial charge >= 0.3 is 6.03 Å². The number of hydrogen-bond acceptors (Lipinski definition) is 4. The van der Waals surface area contributed by atoms with Gasteiger partial charge in [0.15, 0.2) is 0 Å². The topological polar surface area (TPSA) is 93.9 Å². The molecule has 0 radical (unpaired) electrons. The summed E-state index contributed by atoms with van der Waals surface area (Å²) in [6, 6.07) is 9.23. The van der Waals surface area contributed by atoms with Gasteiger partial charge in [0.25, 0.3) is 0 Å². The van der Waals surface area contributed by atoms with Crippen LogP contribution < -0.4 is 20.5 Å². The number of urea groups is 1. The van der Waals surface area contributed by atoms with Crippen molar-refractivity contribution in [1.29, 1.82) is 0 Å². The maximum absolute atomic E-state index is 13.1. The van der Waals surface area contributed by atoms with Crippen LogP contribution in [0.2, 0.25) is 5.02 Å². The largest absolute Gasteiger partial charge is 0.495 e. The Labute approximate surface area is 199 Å². The van der Waals surface area contributed by atoms with Crippen LogP contribution in [0.4, 0.5) is 10.5 Å². The van der Waals surface area contributed by atoms with Gasteiger partial charge in [-0.05, 0) is 55.5 Å². The third-order valence-corrected chi connectivity index (χ3v) is 7.70. The quantitative estimate of drug-likeness (QED) is 0.652. The van der Waals surface area contributed by atoms with Gasteiger partial charge < -0.3 is 25.4 Å². The van der Waals surface area contributed by atoms with Crippen molar-refractivity contribution in [3.05, 3.63) is 52.0 Å². The van der Waals surface area contributed by atoms with Crippen LogP contribution in [0, 0.1) is 12.3 Å². The molecule has 1 fully saturated rings. The van der Waals surface area contributed by atoms with Crippen LogP contribution in [-0.2, 0) is 11.3 Å². The molecule has 2 aromatic rings. The summed E-state index contributed by atoms with van der Waals surface area (Å²) in [6.07, 6.45) is 1.87. The molecule has 2 aromatic carbocycles. The molecule has 1 saturated carbocycles. The fourth-order valence-corrected chi connectivity index (χ4v) is 5.50. The molecule has 33 heavy (non-hydrogen) atoms. The van der Waals surface area contributed by atoms with E-state index in [0.717, 1.165) is 22.4 Å². The lowest BCUT2D eigenvalue weighted by molar-refractivity contribution is -0.130. The zero-order valence-corrected chi connectivity index (χ0v) is 20.2. The third-order valence-electron chi connectivity index (χ3n) is 7.41. The molecule has 1 aliphatic heterocycles. The van der Waals surface area contributed by atoms with Gasteiger partial charge in [-0.2, -0.15) is 0 Å². The van der Waals surface area contributed by atoms with Crippen molar-refractivity contribution < 1.29 is 19.1 Å². The SMILES string of the molecule is COc1ccc(C2CC(N3Cc4c(C)ccc(OC)c4NC3=O)CCC2(C)C(N)=O)cc1Cl. The summed E-state index contributed by atoms with van der Waals surface area (Å²) in [4.78, 5) is 27.6. The average molecular weight is 472 g/mol. The van der Waals surface area contributed by atoms with Crippen LogP contribution in [0.25, 0.3) is 0 Å². The highest BCUT2D eigenvalue weighted by Crippen LogP contribution is 2.50. The predicted molar refractivity (Wildman–Crippen MR) is 128 cm³/mol. The molecule has 1 aliphatic carbocycles. The summed E-state index contributed by atoms with van der Waals surface area (Å²) >= 11 is 6.40. The summed E-state index contributed by atoms with van der Waals surface area (Å²) in [7, 11) is 3.16. The zero-order valence-electron chi connectivity index (χ0n) is 19.4. The molecule has 2 aliphatic rings. The summed E-state index contributed by atoms with van der Waals surface area (Å²) in [6.45, 7) is 4.42. The Hall–Kier alpha value is -2.93. The molecule has 3 atom stereocenters. The molecule has 0 spiro atoms. The first-order valence-electron chi connectivity index (χ1n) is 11.1. The lowest BCUT2D eigenvalue weighted by atomic mass is 9.63. The molecule has 1 heterocycles. The number of carbonyl (C=O) groups is 2. The third kappa shape index (κ3) is 3.99.